The molecule has 0 aliphatic heterocycles. The van der Waals surface area contributed by atoms with Crippen LogP contribution in [0.4, 0.5) is 0 Å². The Morgan fingerprint density at radius 3 is 0.861 bits per heavy atom. The molecule has 0 unspecified atom stereocenters. The smallest absolute Gasteiger partial charge is 0.00187 e. The third-order valence-corrected chi connectivity index (χ3v) is 8.09. The Bertz CT molecular complexity index is 356. The summed E-state index contributed by atoms with van der Waals surface area (Å²) in [6.07, 6.45) is 36.3. The molecule has 0 saturated carbocycles. The largest absolute Gasteiger partial charge is 0.303 e. The number of unbranched alkanes of at least 4 members (excludes halogenated alkanes) is 20. The molecule has 0 N–H and O–H groups in total. The van der Waals surface area contributed by atoms with Crippen molar-refractivity contribution in [2.75, 3.05) is 19.6 Å². The van der Waals surface area contributed by atoms with Crippen LogP contribution in [0.15, 0.2) is 0 Å². The van der Waals surface area contributed by atoms with Crippen LogP contribution in [0, 0.1) is 11.8 Å². The fourth-order valence-corrected chi connectivity index (χ4v) is 5.53. The molecule has 0 aliphatic carbocycles. The third kappa shape index (κ3) is 30.2. The second-order valence-electron chi connectivity index (χ2n) is 13.0. The highest BCUT2D eigenvalue weighted by Crippen LogP contribution is 2.15. The van der Waals surface area contributed by atoms with Gasteiger partial charge in [0.05, 0.1) is 0 Å². The maximum Gasteiger partial charge on any atom is -0.00187 e. The van der Waals surface area contributed by atoms with E-state index in [0.717, 1.165) is 11.8 Å². The van der Waals surface area contributed by atoms with Crippen LogP contribution < -0.4 is 0 Å². The minimum absolute atomic E-state index is 0.890. The van der Waals surface area contributed by atoms with Gasteiger partial charge in [0.1, 0.15) is 0 Å². The van der Waals surface area contributed by atoms with Gasteiger partial charge in [-0.25, -0.2) is 0 Å². The van der Waals surface area contributed by atoms with Crippen molar-refractivity contribution in [3.05, 3.63) is 0 Å². The molecule has 0 amide bonds. The monoisotopic (exact) mass is 508 g/mol. The predicted molar refractivity (Wildman–Crippen MR) is 167 cm³/mol. The van der Waals surface area contributed by atoms with Crippen LogP contribution in [0.2, 0.25) is 0 Å². The zero-order valence-corrected chi connectivity index (χ0v) is 26.4. The van der Waals surface area contributed by atoms with Crippen LogP contribution in [0.3, 0.4) is 0 Å². The molecule has 218 valence electrons. The molecule has 0 spiro atoms. The van der Waals surface area contributed by atoms with Gasteiger partial charge in [-0.15, -0.1) is 0 Å². The van der Waals surface area contributed by atoms with Crippen LogP contribution in [0.25, 0.3) is 0 Å². The lowest BCUT2D eigenvalue weighted by Gasteiger charge is -2.22. The van der Waals surface area contributed by atoms with Gasteiger partial charge in [-0.1, -0.05) is 176 Å². The topological polar surface area (TPSA) is 3.24 Å². The molecular formula is C35H73N. The molecule has 1 nitrogen and oxygen atoms in total. The van der Waals surface area contributed by atoms with E-state index < -0.39 is 0 Å². The second kappa shape index (κ2) is 29.5. The van der Waals surface area contributed by atoms with E-state index in [2.05, 4.69) is 39.5 Å². The maximum absolute atomic E-state index is 2.81. The van der Waals surface area contributed by atoms with Crippen molar-refractivity contribution in [2.24, 2.45) is 11.8 Å². The highest BCUT2D eigenvalue weighted by molar-refractivity contribution is 4.60. The van der Waals surface area contributed by atoms with E-state index in [1.54, 1.807) is 0 Å². The van der Waals surface area contributed by atoms with Crippen molar-refractivity contribution < 1.29 is 0 Å². The summed E-state index contributed by atoms with van der Waals surface area (Å²) >= 11 is 0. The van der Waals surface area contributed by atoms with Crippen LogP contribution in [0.1, 0.15) is 195 Å². The zero-order valence-electron chi connectivity index (χ0n) is 26.4. The number of hydrogen-bond donors (Lipinski definition) is 0. The summed E-state index contributed by atoms with van der Waals surface area (Å²) < 4.78 is 0. The first-order valence-electron chi connectivity index (χ1n) is 17.3. The molecule has 0 rings (SSSR count). The van der Waals surface area contributed by atoms with E-state index in [0.29, 0.717) is 0 Å². The molecule has 0 aromatic rings. The van der Waals surface area contributed by atoms with E-state index in [4.69, 9.17) is 0 Å². The van der Waals surface area contributed by atoms with Gasteiger partial charge in [-0.3, -0.25) is 0 Å². The van der Waals surface area contributed by atoms with Crippen molar-refractivity contribution in [2.45, 2.75) is 195 Å². The van der Waals surface area contributed by atoms with Gasteiger partial charge in [0.15, 0.2) is 0 Å². The van der Waals surface area contributed by atoms with Crippen molar-refractivity contribution in [1.82, 2.24) is 4.90 Å². The average Bonchev–Trinajstić information content (AvgIpc) is 2.84. The second-order valence-corrected chi connectivity index (χ2v) is 13.0. The molecule has 0 aromatic carbocycles. The molecule has 0 radical (unpaired) electrons. The summed E-state index contributed by atoms with van der Waals surface area (Å²) in [5.74, 6) is 1.78. The van der Waals surface area contributed by atoms with Crippen LogP contribution in [-0.4, -0.2) is 24.5 Å². The Morgan fingerprint density at radius 1 is 0.333 bits per heavy atom. The van der Waals surface area contributed by atoms with Crippen molar-refractivity contribution in [3.8, 4) is 0 Å². The van der Waals surface area contributed by atoms with Gasteiger partial charge in [0, 0.05) is 0 Å². The molecule has 0 fully saturated rings. The Kier molecular flexibility index (Phi) is 29.5. The van der Waals surface area contributed by atoms with E-state index in [1.807, 2.05) is 0 Å². The number of rotatable bonds is 30. The minimum Gasteiger partial charge on any atom is -0.303 e. The molecule has 0 aromatic heterocycles. The molecule has 0 atom stereocenters. The number of nitrogens with zero attached hydrogens (tertiary/aromatic N) is 1. The van der Waals surface area contributed by atoms with E-state index >= 15 is 0 Å². The molecule has 0 aliphatic rings. The SMILES string of the molecule is CCCCCN(CCCCCCCCCCCCC(C)C)CCCCCCCCCCCCC(C)C. The lowest BCUT2D eigenvalue weighted by molar-refractivity contribution is 0.255. The fourth-order valence-electron chi connectivity index (χ4n) is 5.53. The molecular weight excluding hydrogens is 434 g/mol. The normalized spacial score (nSPS) is 12.0. The van der Waals surface area contributed by atoms with Gasteiger partial charge >= 0.3 is 0 Å². The standard InChI is InChI=1S/C35H73N/c1-6-7-26-31-36(32-27-22-18-14-10-8-12-16-20-24-29-34(2)3)33-28-23-19-15-11-9-13-17-21-25-30-35(4)5/h34-35H,6-33H2,1-5H3. The van der Waals surface area contributed by atoms with E-state index in [9.17, 15) is 0 Å². The first kappa shape index (κ1) is 36.0. The van der Waals surface area contributed by atoms with Crippen molar-refractivity contribution in [1.29, 1.82) is 0 Å². The van der Waals surface area contributed by atoms with Gasteiger partial charge in [0.2, 0.25) is 0 Å². The van der Waals surface area contributed by atoms with Gasteiger partial charge in [-0.05, 0) is 50.7 Å². The Labute approximate surface area is 231 Å². The van der Waals surface area contributed by atoms with Crippen LogP contribution >= 0.6 is 0 Å². The minimum atomic E-state index is 0.890. The summed E-state index contributed by atoms with van der Waals surface area (Å²) in [6.45, 7) is 15.8. The summed E-state index contributed by atoms with van der Waals surface area (Å²) in [5, 5.41) is 0. The Morgan fingerprint density at radius 2 is 0.583 bits per heavy atom. The predicted octanol–water partition coefficient (Wildman–Crippen LogP) is 12.4. The third-order valence-electron chi connectivity index (χ3n) is 8.09. The first-order valence-corrected chi connectivity index (χ1v) is 17.3. The van der Waals surface area contributed by atoms with E-state index in [-0.39, 0.29) is 0 Å². The summed E-state index contributed by atoms with van der Waals surface area (Å²) in [4.78, 5) is 2.81. The Hall–Kier alpha value is -0.0400. The quantitative estimate of drug-likeness (QED) is 0.0873. The fraction of sp³-hybridized carbons (Fsp3) is 1.00. The van der Waals surface area contributed by atoms with Gasteiger partial charge in [0.25, 0.3) is 0 Å². The zero-order chi connectivity index (χ0) is 26.5. The summed E-state index contributed by atoms with van der Waals surface area (Å²) in [6, 6.07) is 0. The van der Waals surface area contributed by atoms with E-state index in [1.165, 1.54) is 180 Å². The average molecular weight is 508 g/mol. The Balaban J connectivity index is 3.59. The lowest BCUT2D eigenvalue weighted by Crippen LogP contribution is -2.27. The maximum atomic E-state index is 2.81. The summed E-state index contributed by atoms with van der Waals surface area (Å²) in [5.41, 5.74) is 0. The highest BCUT2D eigenvalue weighted by Gasteiger charge is 2.05. The lowest BCUT2D eigenvalue weighted by atomic mass is 10.0. The van der Waals surface area contributed by atoms with Crippen molar-refractivity contribution in [3.63, 3.8) is 0 Å². The molecule has 0 bridgehead atoms. The number of hydrogen-bond acceptors (Lipinski definition) is 1. The van der Waals surface area contributed by atoms with Crippen LogP contribution in [-0.2, 0) is 0 Å². The molecule has 0 heterocycles. The van der Waals surface area contributed by atoms with Crippen molar-refractivity contribution >= 4 is 0 Å². The van der Waals surface area contributed by atoms with Crippen LogP contribution in [0.5, 0.6) is 0 Å². The first-order chi connectivity index (χ1) is 17.6. The van der Waals surface area contributed by atoms with Gasteiger partial charge in [-0.2, -0.15) is 0 Å². The molecule has 0 saturated heterocycles. The highest BCUT2D eigenvalue weighted by atomic mass is 15.1. The molecule has 36 heavy (non-hydrogen) atoms. The van der Waals surface area contributed by atoms with Gasteiger partial charge < -0.3 is 4.90 Å². The molecule has 1 heteroatoms. The summed E-state index contributed by atoms with van der Waals surface area (Å²) in [7, 11) is 0.